The molecule has 5 aromatic rings. The molecule has 0 bridgehead atoms. The number of nitrogens with one attached hydrogen (secondary N) is 2. The maximum atomic E-state index is 14.0. The Morgan fingerprint density at radius 1 is 1.00 bits per heavy atom. The van der Waals surface area contributed by atoms with E-state index in [0.29, 0.717) is 23.4 Å². The van der Waals surface area contributed by atoms with Crippen LogP contribution >= 0.6 is 0 Å². The van der Waals surface area contributed by atoms with Crippen LogP contribution in [0, 0.1) is 6.92 Å². The summed E-state index contributed by atoms with van der Waals surface area (Å²) in [4.78, 5) is 23.0. The molecular weight excluding hydrogens is 542 g/mol. The van der Waals surface area contributed by atoms with E-state index in [-0.39, 0.29) is 35.1 Å². The number of aromatic nitrogens is 3. The van der Waals surface area contributed by atoms with E-state index in [1.807, 2.05) is 61.5 Å². The lowest BCUT2D eigenvalue weighted by molar-refractivity contribution is 0.301. The molecule has 0 amide bonds. The molecule has 5 rings (SSSR count). The summed E-state index contributed by atoms with van der Waals surface area (Å²) in [6.07, 6.45) is 1.60. The minimum Gasteiger partial charge on any atom is -0.497 e. The summed E-state index contributed by atoms with van der Waals surface area (Å²) >= 11 is 0. The topological polar surface area (TPSA) is 135 Å². The molecule has 10 nitrogen and oxygen atoms in total. The summed E-state index contributed by atoms with van der Waals surface area (Å²) in [7, 11) is -2.13. The van der Waals surface area contributed by atoms with Crippen molar-refractivity contribution in [1.29, 1.82) is 0 Å². The van der Waals surface area contributed by atoms with E-state index in [2.05, 4.69) is 20.0 Å². The molecule has 0 saturated carbocycles. The number of aliphatic hydroxyl groups is 1. The summed E-state index contributed by atoms with van der Waals surface area (Å²) in [5.74, 6) is 0.894. The van der Waals surface area contributed by atoms with E-state index in [1.165, 1.54) is 12.1 Å². The minimum absolute atomic E-state index is 0.0556. The van der Waals surface area contributed by atoms with Crippen molar-refractivity contribution in [2.24, 2.45) is 0 Å². The normalized spacial score (nSPS) is 11.5. The monoisotopic (exact) mass is 571 g/mol. The van der Waals surface area contributed by atoms with Gasteiger partial charge in [0, 0.05) is 29.4 Å². The number of aliphatic hydroxyl groups excluding tert-OH is 1. The first-order valence-corrected chi connectivity index (χ1v) is 14.3. The Labute approximate surface area is 237 Å². The van der Waals surface area contributed by atoms with Crippen molar-refractivity contribution in [1.82, 2.24) is 19.3 Å². The van der Waals surface area contributed by atoms with Gasteiger partial charge in [-0.2, -0.15) is 0 Å². The Hall–Kier alpha value is -4.58. The maximum absolute atomic E-state index is 14.0. The average molecular weight is 572 g/mol. The van der Waals surface area contributed by atoms with E-state index in [9.17, 15) is 13.2 Å². The molecular formula is C30H29N5O5S. The zero-order chi connectivity index (χ0) is 29.0. The summed E-state index contributed by atoms with van der Waals surface area (Å²) < 4.78 is 34.0. The number of pyridine rings is 1. The minimum atomic E-state index is -3.73. The number of aryl methyl sites for hydroxylation is 1. The summed E-state index contributed by atoms with van der Waals surface area (Å²) in [6.45, 7) is 1.94. The highest BCUT2D eigenvalue weighted by Crippen LogP contribution is 2.27. The third-order valence-electron chi connectivity index (χ3n) is 6.57. The Balaban J connectivity index is 1.54. The molecule has 11 heteroatoms. The first-order chi connectivity index (χ1) is 19.8. The van der Waals surface area contributed by atoms with Crippen LogP contribution < -0.4 is 20.3 Å². The predicted molar refractivity (Wildman–Crippen MR) is 158 cm³/mol. The van der Waals surface area contributed by atoms with Gasteiger partial charge in [0.2, 0.25) is 16.0 Å². The van der Waals surface area contributed by atoms with Crippen LogP contribution in [-0.2, 0) is 16.6 Å². The molecule has 210 valence electrons. The van der Waals surface area contributed by atoms with Gasteiger partial charge < -0.3 is 19.7 Å². The first-order valence-electron chi connectivity index (χ1n) is 12.9. The maximum Gasteiger partial charge on any atom is 0.278 e. The number of sulfonamides is 1. The smallest absolute Gasteiger partial charge is 0.278 e. The molecule has 41 heavy (non-hydrogen) atoms. The largest absolute Gasteiger partial charge is 0.497 e. The molecule has 3 aromatic carbocycles. The van der Waals surface area contributed by atoms with Crippen molar-refractivity contribution in [3.8, 4) is 17.0 Å². The predicted octanol–water partition coefficient (Wildman–Crippen LogP) is 3.84. The van der Waals surface area contributed by atoms with Crippen LogP contribution in [0.2, 0.25) is 0 Å². The van der Waals surface area contributed by atoms with Gasteiger partial charge in [-0.3, -0.25) is 4.79 Å². The SMILES string of the molecule is COc1cccc(Cn2c(-c3ccccc3C)cc3cnc(Nc4ccc(S(=O)(=O)NCCO)cc4)nc3c2=O)c1. The van der Waals surface area contributed by atoms with Crippen molar-refractivity contribution in [2.75, 3.05) is 25.6 Å². The number of hydrogen-bond acceptors (Lipinski definition) is 8. The second-order valence-corrected chi connectivity index (χ2v) is 11.1. The van der Waals surface area contributed by atoms with E-state index >= 15 is 0 Å². The summed E-state index contributed by atoms with van der Waals surface area (Å²) in [6, 6.07) is 23.4. The van der Waals surface area contributed by atoms with Crippen molar-refractivity contribution in [2.45, 2.75) is 18.4 Å². The molecule has 0 unspecified atom stereocenters. The number of hydrogen-bond donors (Lipinski definition) is 3. The van der Waals surface area contributed by atoms with Crippen molar-refractivity contribution in [3.05, 3.63) is 107 Å². The first kappa shape index (κ1) is 28.0. The molecule has 0 spiro atoms. The van der Waals surface area contributed by atoms with E-state index in [0.717, 1.165) is 22.4 Å². The van der Waals surface area contributed by atoms with Gasteiger partial charge >= 0.3 is 0 Å². The van der Waals surface area contributed by atoms with Gasteiger partial charge in [-0.25, -0.2) is 23.1 Å². The molecule has 2 heterocycles. The number of anilines is 2. The molecule has 0 aliphatic rings. The van der Waals surface area contributed by atoms with Crippen molar-refractivity contribution < 1.29 is 18.3 Å². The van der Waals surface area contributed by atoms with Gasteiger partial charge in [0.1, 0.15) is 11.3 Å². The summed E-state index contributed by atoms with van der Waals surface area (Å²) in [5.41, 5.74) is 4.12. The Kier molecular flexibility index (Phi) is 8.11. The molecule has 2 aromatic heterocycles. The Bertz CT molecular complexity index is 1870. The zero-order valence-corrected chi connectivity index (χ0v) is 23.4. The standard InChI is InChI=1S/C30H29N5O5S/c1-20-6-3-4-9-26(20)27-17-22-18-31-30(33-23-10-12-25(13-11-23)41(38,39)32-14-15-36)34-28(22)29(37)35(27)19-21-7-5-8-24(16-21)40-2/h3-13,16-18,32,36H,14-15,19H2,1-2H3,(H,31,33,34). The van der Waals surface area contributed by atoms with Crippen molar-refractivity contribution >= 4 is 32.6 Å². The van der Waals surface area contributed by atoms with Gasteiger partial charge in [-0.05, 0) is 60.5 Å². The molecule has 0 radical (unpaired) electrons. The number of ether oxygens (including phenoxy) is 1. The van der Waals surface area contributed by atoms with Gasteiger partial charge in [-0.1, -0.05) is 36.4 Å². The highest BCUT2D eigenvalue weighted by molar-refractivity contribution is 7.89. The van der Waals surface area contributed by atoms with Crippen LogP contribution in [0.4, 0.5) is 11.6 Å². The van der Waals surface area contributed by atoms with Crippen LogP contribution in [0.15, 0.2) is 94.7 Å². The van der Waals surface area contributed by atoms with Gasteiger partial charge in [0.25, 0.3) is 5.56 Å². The second kappa shape index (κ2) is 11.9. The molecule has 0 fully saturated rings. The number of methoxy groups -OCH3 is 1. The fourth-order valence-electron chi connectivity index (χ4n) is 4.49. The quantitative estimate of drug-likeness (QED) is 0.230. The highest BCUT2D eigenvalue weighted by atomic mass is 32.2. The van der Waals surface area contributed by atoms with E-state index < -0.39 is 10.0 Å². The molecule has 0 aliphatic heterocycles. The second-order valence-electron chi connectivity index (χ2n) is 9.36. The van der Waals surface area contributed by atoms with E-state index in [1.54, 1.807) is 30.0 Å². The molecule has 0 atom stereocenters. The fraction of sp³-hybridized carbons (Fsp3) is 0.167. The Morgan fingerprint density at radius 2 is 1.78 bits per heavy atom. The average Bonchev–Trinajstić information content (AvgIpc) is 2.98. The Morgan fingerprint density at radius 3 is 2.51 bits per heavy atom. The highest BCUT2D eigenvalue weighted by Gasteiger charge is 2.16. The van der Waals surface area contributed by atoms with Gasteiger partial charge in [0.05, 0.1) is 30.9 Å². The summed E-state index contributed by atoms with van der Waals surface area (Å²) in [5, 5.41) is 12.5. The molecule has 0 aliphatic carbocycles. The number of nitrogens with zero attached hydrogens (tertiary/aromatic N) is 3. The lowest BCUT2D eigenvalue weighted by atomic mass is 10.0. The zero-order valence-electron chi connectivity index (χ0n) is 22.5. The third kappa shape index (κ3) is 6.12. The lowest BCUT2D eigenvalue weighted by Gasteiger charge is -2.17. The van der Waals surface area contributed by atoms with E-state index in [4.69, 9.17) is 9.84 Å². The fourth-order valence-corrected chi connectivity index (χ4v) is 5.52. The van der Waals surface area contributed by atoms with Gasteiger partial charge in [0.15, 0.2) is 0 Å². The van der Waals surface area contributed by atoms with Crippen LogP contribution in [0.25, 0.3) is 22.2 Å². The number of fused-ring (bicyclic) bond motifs is 1. The third-order valence-corrected chi connectivity index (χ3v) is 8.05. The van der Waals surface area contributed by atoms with Crippen LogP contribution in [0.3, 0.4) is 0 Å². The number of benzene rings is 3. The number of rotatable bonds is 10. The molecule has 3 N–H and O–H groups in total. The lowest BCUT2D eigenvalue weighted by Crippen LogP contribution is -2.26. The van der Waals surface area contributed by atoms with Crippen LogP contribution in [-0.4, -0.2) is 48.3 Å². The molecule has 0 saturated heterocycles. The van der Waals surface area contributed by atoms with Crippen molar-refractivity contribution in [3.63, 3.8) is 0 Å². The van der Waals surface area contributed by atoms with Gasteiger partial charge in [-0.15, -0.1) is 0 Å². The van der Waals surface area contributed by atoms with Crippen LogP contribution in [0.1, 0.15) is 11.1 Å². The van der Waals surface area contributed by atoms with Crippen LogP contribution in [0.5, 0.6) is 5.75 Å².